The number of benzene rings is 3. The van der Waals surface area contributed by atoms with Crippen LogP contribution in [0.5, 0.6) is 0 Å². The number of allylic oxidation sites excluding steroid dienone is 1. The minimum atomic E-state index is -0.346. The molecule has 0 aliphatic carbocycles. The summed E-state index contributed by atoms with van der Waals surface area (Å²) in [6, 6.07) is 22.2. The van der Waals surface area contributed by atoms with E-state index in [1.165, 1.54) is 5.56 Å². The molecule has 0 unspecified atom stereocenters. The number of hydrogen-bond acceptors (Lipinski definition) is 4. The van der Waals surface area contributed by atoms with E-state index < -0.39 is 0 Å². The number of hydrogen-bond donors (Lipinski definition) is 2. The Hall–Kier alpha value is -3.61. The zero-order chi connectivity index (χ0) is 22.9. The molecule has 33 heavy (non-hydrogen) atoms. The number of aromatic nitrogens is 3. The Morgan fingerprint density at radius 1 is 1.03 bits per heavy atom. The van der Waals surface area contributed by atoms with Crippen LogP contribution < -0.4 is 10.6 Å². The number of fused-ring (bicyclic) bond motifs is 1. The quantitative estimate of drug-likeness (QED) is 0.368. The van der Waals surface area contributed by atoms with Crippen LogP contribution in [0.15, 0.2) is 78.9 Å². The molecule has 164 valence electrons. The third-order valence-corrected chi connectivity index (χ3v) is 5.94. The highest BCUT2D eigenvalue weighted by atomic mass is 35.5. The second kappa shape index (κ2) is 8.73. The molecule has 3 aromatic carbocycles. The molecule has 0 radical (unpaired) electrons. The maximum Gasteiger partial charge on any atom is 0.258 e. The van der Waals surface area contributed by atoms with Gasteiger partial charge in [-0.05, 0) is 48.4 Å². The van der Waals surface area contributed by atoms with Gasteiger partial charge >= 0.3 is 0 Å². The normalized spacial score (nSPS) is 14.8. The number of carbonyl (C=O) groups is 1. The van der Waals surface area contributed by atoms with Crippen molar-refractivity contribution < 1.29 is 4.79 Å². The van der Waals surface area contributed by atoms with Crippen LogP contribution in [-0.4, -0.2) is 20.7 Å². The Kier molecular flexibility index (Phi) is 5.62. The van der Waals surface area contributed by atoms with E-state index in [0.29, 0.717) is 21.6 Å². The highest BCUT2D eigenvalue weighted by Gasteiger charge is 2.27. The number of halogens is 2. The summed E-state index contributed by atoms with van der Waals surface area (Å²) in [5.41, 5.74) is 4.37. The van der Waals surface area contributed by atoms with Crippen LogP contribution in [0.25, 0.3) is 5.70 Å². The van der Waals surface area contributed by atoms with E-state index in [0.717, 1.165) is 16.8 Å². The lowest BCUT2D eigenvalue weighted by Crippen LogP contribution is -2.20. The molecule has 1 amide bonds. The minimum absolute atomic E-state index is 0.179. The van der Waals surface area contributed by atoms with Crippen LogP contribution in [0, 0.1) is 6.92 Å². The summed E-state index contributed by atoms with van der Waals surface area (Å²) in [4.78, 5) is 17.2. The van der Waals surface area contributed by atoms with Crippen molar-refractivity contribution in [3.8, 4) is 0 Å². The Morgan fingerprint density at radius 2 is 1.82 bits per heavy atom. The molecule has 0 bridgehead atoms. The van der Waals surface area contributed by atoms with E-state index in [4.69, 9.17) is 23.2 Å². The van der Waals surface area contributed by atoms with E-state index in [2.05, 4.69) is 38.9 Å². The van der Waals surface area contributed by atoms with E-state index in [1.54, 1.807) is 28.9 Å². The number of aryl methyl sites for hydroxylation is 1. The first kappa shape index (κ1) is 21.2. The van der Waals surface area contributed by atoms with Crippen LogP contribution in [0.1, 0.15) is 33.1 Å². The number of rotatable bonds is 4. The molecule has 8 heteroatoms. The number of nitrogens with zero attached hydrogens (tertiary/aromatic N) is 3. The topological polar surface area (TPSA) is 71.8 Å². The zero-order valence-electron chi connectivity index (χ0n) is 17.6. The minimum Gasteiger partial charge on any atom is -0.324 e. The first-order valence-corrected chi connectivity index (χ1v) is 11.1. The monoisotopic (exact) mass is 475 g/mol. The number of amides is 1. The maximum absolute atomic E-state index is 12.7. The van der Waals surface area contributed by atoms with Gasteiger partial charge in [-0.2, -0.15) is 4.98 Å². The molecular weight excluding hydrogens is 457 g/mol. The third-order valence-electron chi connectivity index (χ3n) is 5.36. The average Bonchev–Trinajstić information content (AvgIpc) is 3.21. The van der Waals surface area contributed by atoms with Crippen LogP contribution >= 0.6 is 23.2 Å². The Balaban J connectivity index is 1.53. The molecular formula is C25H19Cl2N5O. The van der Waals surface area contributed by atoms with Crippen molar-refractivity contribution in [3.63, 3.8) is 0 Å². The van der Waals surface area contributed by atoms with Crippen LogP contribution in [-0.2, 0) is 0 Å². The zero-order valence-corrected chi connectivity index (χ0v) is 19.1. The molecule has 2 heterocycles. The molecule has 4 aromatic rings. The summed E-state index contributed by atoms with van der Waals surface area (Å²) >= 11 is 12.5. The lowest BCUT2D eigenvalue weighted by molar-refractivity contribution is 0.102. The van der Waals surface area contributed by atoms with Gasteiger partial charge in [0, 0.05) is 21.3 Å². The molecule has 1 aliphatic rings. The highest BCUT2D eigenvalue weighted by Crippen LogP contribution is 2.36. The van der Waals surface area contributed by atoms with Crippen LogP contribution in [0.2, 0.25) is 10.0 Å². The predicted octanol–water partition coefficient (Wildman–Crippen LogP) is 6.20. The summed E-state index contributed by atoms with van der Waals surface area (Å²) in [7, 11) is 0. The van der Waals surface area contributed by atoms with Gasteiger partial charge in [-0.3, -0.25) is 10.1 Å². The third kappa shape index (κ3) is 4.35. The van der Waals surface area contributed by atoms with Crippen molar-refractivity contribution in [2.45, 2.75) is 13.0 Å². The number of nitrogens with one attached hydrogen (secondary N) is 2. The van der Waals surface area contributed by atoms with Crippen molar-refractivity contribution in [2.24, 2.45) is 0 Å². The van der Waals surface area contributed by atoms with Crippen molar-refractivity contribution in [2.75, 3.05) is 10.6 Å². The number of carbonyl (C=O) groups excluding carboxylic acids is 1. The van der Waals surface area contributed by atoms with E-state index in [9.17, 15) is 4.79 Å². The lowest BCUT2D eigenvalue weighted by atomic mass is 10.0. The molecule has 0 saturated carbocycles. The molecule has 0 spiro atoms. The fraction of sp³-hybridized carbons (Fsp3) is 0.0800. The van der Waals surface area contributed by atoms with Gasteiger partial charge in [0.05, 0.1) is 0 Å². The van der Waals surface area contributed by atoms with Gasteiger partial charge in [-0.15, -0.1) is 5.10 Å². The summed E-state index contributed by atoms with van der Waals surface area (Å²) in [6.45, 7) is 2.05. The highest BCUT2D eigenvalue weighted by molar-refractivity contribution is 6.31. The number of anilines is 2. The van der Waals surface area contributed by atoms with Gasteiger partial charge < -0.3 is 5.32 Å². The first-order chi connectivity index (χ1) is 16.0. The van der Waals surface area contributed by atoms with Crippen molar-refractivity contribution in [1.82, 2.24) is 14.8 Å². The van der Waals surface area contributed by atoms with Crippen LogP contribution in [0.4, 0.5) is 11.9 Å². The standard InChI is InChI=1S/C25H19Cl2N5O/c1-15-9-11-16(12-10-15)21-14-22(19-7-2-3-8-20(19)27)32-25(28-21)30-24(31-32)29-23(33)17-5-4-6-18(26)13-17/h2-14,22H,1H3,(H2,28,29,30,31,33)/t22-/m0/s1. The summed E-state index contributed by atoms with van der Waals surface area (Å²) in [5, 5.41) is 11.7. The van der Waals surface area contributed by atoms with Gasteiger partial charge in [0.1, 0.15) is 6.04 Å². The van der Waals surface area contributed by atoms with Gasteiger partial charge in [-0.1, -0.05) is 77.3 Å². The van der Waals surface area contributed by atoms with Crippen LogP contribution in [0.3, 0.4) is 0 Å². The average molecular weight is 476 g/mol. The largest absolute Gasteiger partial charge is 0.324 e. The molecule has 0 saturated heterocycles. The molecule has 0 fully saturated rings. The Morgan fingerprint density at radius 3 is 2.58 bits per heavy atom. The van der Waals surface area contributed by atoms with Crippen molar-refractivity contribution in [3.05, 3.63) is 111 Å². The summed E-state index contributed by atoms with van der Waals surface area (Å²) < 4.78 is 1.71. The summed E-state index contributed by atoms with van der Waals surface area (Å²) in [6.07, 6.45) is 2.05. The molecule has 5 rings (SSSR count). The molecule has 1 aromatic heterocycles. The SMILES string of the molecule is Cc1ccc(C2=C[C@@H](c3ccccc3Cl)n3nc(NC(=O)c4cccc(Cl)c4)nc3N2)cc1. The van der Waals surface area contributed by atoms with Gasteiger partial charge in [0.2, 0.25) is 5.95 Å². The second-order valence-electron chi connectivity index (χ2n) is 7.71. The van der Waals surface area contributed by atoms with E-state index in [-0.39, 0.29) is 17.9 Å². The van der Waals surface area contributed by atoms with Gasteiger partial charge in [0.25, 0.3) is 11.9 Å². The van der Waals surface area contributed by atoms with Gasteiger partial charge in [-0.25, -0.2) is 4.68 Å². The first-order valence-electron chi connectivity index (χ1n) is 10.3. The van der Waals surface area contributed by atoms with E-state index in [1.807, 2.05) is 43.3 Å². The Bertz CT molecular complexity index is 1380. The van der Waals surface area contributed by atoms with Crippen molar-refractivity contribution in [1.29, 1.82) is 0 Å². The van der Waals surface area contributed by atoms with Gasteiger partial charge in [0.15, 0.2) is 0 Å². The lowest BCUT2D eigenvalue weighted by Gasteiger charge is -2.25. The molecule has 1 aliphatic heterocycles. The molecule has 6 nitrogen and oxygen atoms in total. The fourth-order valence-corrected chi connectivity index (χ4v) is 4.13. The summed E-state index contributed by atoms with van der Waals surface area (Å²) in [5.74, 6) is 0.332. The maximum atomic E-state index is 12.7. The van der Waals surface area contributed by atoms with Crippen molar-refractivity contribution >= 4 is 46.7 Å². The van der Waals surface area contributed by atoms with E-state index >= 15 is 0 Å². The fourth-order valence-electron chi connectivity index (χ4n) is 3.69. The Labute approximate surface area is 200 Å². The molecule has 2 N–H and O–H groups in total. The predicted molar refractivity (Wildman–Crippen MR) is 132 cm³/mol. The smallest absolute Gasteiger partial charge is 0.258 e. The second-order valence-corrected chi connectivity index (χ2v) is 8.55. The molecule has 1 atom stereocenters.